The van der Waals surface area contributed by atoms with Crippen LogP contribution in [0.15, 0.2) is 12.3 Å². The Kier molecular flexibility index (Phi) is 3.52. The van der Waals surface area contributed by atoms with Crippen LogP contribution >= 0.6 is 0 Å². The molecule has 0 radical (unpaired) electrons. The fourth-order valence-electron chi connectivity index (χ4n) is 2.47. The molecule has 18 heavy (non-hydrogen) atoms. The minimum atomic E-state index is -0.983. The van der Waals surface area contributed by atoms with Crippen molar-refractivity contribution < 1.29 is 14.7 Å². The lowest BCUT2D eigenvalue weighted by molar-refractivity contribution is 0.0683. The molecule has 0 saturated carbocycles. The van der Waals surface area contributed by atoms with Crippen LogP contribution in [0.3, 0.4) is 0 Å². The number of carboxylic acids is 1. The average Bonchev–Trinajstić information content (AvgIpc) is 2.87. The van der Waals surface area contributed by atoms with E-state index in [1.165, 1.54) is 13.0 Å². The first-order valence-electron chi connectivity index (χ1n) is 6.13. The molecule has 2 heterocycles. The number of nitrogens with zero attached hydrogens (tertiary/aromatic N) is 2. The SMILES string of the molecule is CC(=O)c1cc(C(=O)O)n(CC2CCCN2C)c1. The third-order valence-corrected chi connectivity index (χ3v) is 3.60. The molecular formula is C13H18N2O3. The fourth-order valence-corrected chi connectivity index (χ4v) is 2.47. The van der Waals surface area contributed by atoms with Crippen LogP contribution in [-0.4, -0.2) is 46.0 Å². The maximum Gasteiger partial charge on any atom is 0.352 e. The monoisotopic (exact) mass is 250 g/mol. The summed E-state index contributed by atoms with van der Waals surface area (Å²) in [5, 5.41) is 9.15. The topological polar surface area (TPSA) is 62.5 Å². The molecule has 1 aliphatic heterocycles. The van der Waals surface area contributed by atoms with Gasteiger partial charge in [-0.25, -0.2) is 4.79 Å². The van der Waals surface area contributed by atoms with Gasteiger partial charge >= 0.3 is 5.97 Å². The van der Waals surface area contributed by atoms with Gasteiger partial charge in [-0.3, -0.25) is 4.79 Å². The molecule has 0 bridgehead atoms. The van der Waals surface area contributed by atoms with E-state index in [-0.39, 0.29) is 11.5 Å². The number of ketones is 1. The van der Waals surface area contributed by atoms with Crippen molar-refractivity contribution in [2.75, 3.05) is 13.6 Å². The Balaban J connectivity index is 2.25. The minimum Gasteiger partial charge on any atom is -0.477 e. The van der Waals surface area contributed by atoms with E-state index in [9.17, 15) is 9.59 Å². The number of likely N-dealkylation sites (tertiary alicyclic amines) is 1. The number of carboxylic acid groups (broad SMARTS) is 1. The summed E-state index contributed by atoms with van der Waals surface area (Å²) in [4.78, 5) is 24.7. The average molecular weight is 250 g/mol. The first-order valence-corrected chi connectivity index (χ1v) is 6.13. The standard InChI is InChI=1S/C13H18N2O3/c1-9(16)10-6-12(13(17)18)15(7-10)8-11-4-3-5-14(11)2/h6-7,11H,3-5,8H2,1-2H3,(H,17,18). The van der Waals surface area contributed by atoms with Crippen LogP contribution in [0.4, 0.5) is 0 Å². The zero-order valence-electron chi connectivity index (χ0n) is 10.7. The number of hydrogen-bond acceptors (Lipinski definition) is 3. The molecule has 0 amide bonds. The zero-order valence-corrected chi connectivity index (χ0v) is 10.7. The van der Waals surface area contributed by atoms with E-state index < -0.39 is 5.97 Å². The maximum absolute atomic E-state index is 11.3. The van der Waals surface area contributed by atoms with E-state index in [0.29, 0.717) is 18.2 Å². The Hall–Kier alpha value is -1.62. The Labute approximate surface area is 106 Å². The molecule has 1 saturated heterocycles. The summed E-state index contributed by atoms with van der Waals surface area (Å²) in [5.74, 6) is -1.08. The predicted molar refractivity (Wildman–Crippen MR) is 67.0 cm³/mol. The molecule has 1 aromatic rings. The molecular weight excluding hydrogens is 232 g/mol. The van der Waals surface area contributed by atoms with E-state index in [1.54, 1.807) is 10.8 Å². The van der Waals surface area contributed by atoms with Crippen molar-refractivity contribution in [3.8, 4) is 0 Å². The number of likely N-dealkylation sites (N-methyl/N-ethyl adjacent to an activating group) is 1. The molecule has 1 aliphatic rings. The molecule has 1 atom stereocenters. The van der Waals surface area contributed by atoms with Gasteiger partial charge in [0.2, 0.25) is 0 Å². The molecule has 98 valence electrons. The third kappa shape index (κ3) is 2.46. The highest BCUT2D eigenvalue weighted by Crippen LogP contribution is 2.19. The van der Waals surface area contributed by atoms with Crippen molar-refractivity contribution in [1.29, 1.82) is 0 Å². The van der Waals surface area contributed by atoms with Crippen LogP contribution in [0.25, 0.3) is 0 Å². The largest absolute Gasteiger partial charge is 0.477 e. The zero-order chi connectivity index (χ0) is 13.3. The van der Waals surface area contributed by atoms with Gasteiger partial charge in [0.15, 0.2) is 5.78 Å². The number of carbonyl (C=O) groups is 2. The van der Waals surface area contributed by atoms with Gasteiger partial charge in [0.05, 0.1) is 0 Å². The van der Waals surface area contributed by atoms with E-state index in [1.807, 2.05) is 7.05 Å². The lowest BCUT2D eigenvalue weighted by Crippen LogP contribution is -2.30. The van der Waals surface area contributed by atoms with Crippen LogP contribution < -0.4 is 0 Å². The number of Topliss-reactive ketones (excluding diaryl/α,β-unsaturated/α-hetero) is 1. The number of aromatic nitrogens is 1. The Morgan fingerprint density at radius 2 is 2.22 bits per heavy atom. The molecule has 0 aliphatic carbocycles. The molecule has 1 fully saturated rings. The van der Waals surface area contributed by atoms with Gasteiger partial charge in [0, 0.05) is 24.3 Å². The lowest BCUT2D eigenvalue weighted by Gasteiger charge is -2.20. The minimum absolute atomic E-state index is 0.101. The Morgan fingerprint density at radius 3 is 2.72 bits per heavy atom. The highest BCUT2D eigenvalue weighted by atomic mass is 16.4. The summed E-state index contributed by atoms with van der Waals surface area (Å²) in [7, 11) is 2.05. The van der Waals surface area contributed by atoms with Crippen LogP contribution in [-0.2, 0) is 6.54 Å². The molecule has 1 aromatic heterocycles. The quantitative estimate of drug-likeness (QED) is 0.822. The first-order chi connectivity index (χ1) is 8.49. The van der Waals surface area contributed by atoms with Crippen LogP contribution in [0.2, 0.25) is 0 Å². The highest BCUT2D eigenvalue weighted by Gasteiger charge is 2.23. The molecule has 0 spiro atoms. The van der Waals surface area contributed by atoms with Gasteiger partial charge in [-0.2, -0.15) is 0 Å². The molecule has 1 N–H and O–H groups in total. The number of rotatable bonds is 4. The molecule has 2 rings (SSSR count). The predicted octanol–water partition coefficient (Wildman–Crippen LogP) is 1.48. The third-order valence-electron chi connectivity index (χ3n) is 3.60. The van der Waals surface area contributed by atoms with Gasteiger partial charge in [0.25, 0.3) is 0 Å². The van der Waals surface area contributed by atoms with Gasteiger partial charge in [-0.15, -0.1) is 0 Å². The van der Waals surface area contributed by atoms with Crippen LogP contribution in [0, 0.1) is 0 Å². The maximum atomic E-state index is 11.3. The molecule has 1 unspecified atom stereocenters. The normalized spacial score (nSPS) is 20.2. The van der Waals surface area contributed by atoms with Gasteiger partial charge in [0.1, 0.15) is 5.69 Å². The van der Waals surface area contributed by atoms with Crippen molar-refractivity contribution in [2.45, 2.75) is 32.4 Å². The second-order valence-electron chi connectivity index (χ2n) is 4.90. The lowest BCUT2D eigenvalue weighted by atomic mass is 10.2. The van der Waals surface area contributed by atoms with Crippen molar-refractivity contribution in [3.63, 3.8) is 0 Å². The van der Waals surface area contributed by atoms with Crippen molar-refractivity contribution in [1.82, 2.24) is 9.47 Å². The second-order valence-corrected chi connectivity index (χ2v) is 4.90. The number of hydrogen-bond donors (Lipinski definition) is 1. The number of aromatic carboxylic acids is 1. The highest BCUT2D eigenvalue weighted by molar-refractivity contribution is 5.97. The summed E-state index contributed by atoms with van der Waals surface area (Å²) < 4.78 is 1.69. The molecule has 0 aromatic carbocycles. The van der Waals surface area contributed by atoms with Gasteiger partial charge in [-0.1, -0.05) is 0 Å². The van der Waals surface area contributed by atoms with Crippen molar-refractivity contribution >= 4 is 11.8 Å². The smallest absolute Gasteiger partial charge is 0.352 e. The molecule has 5 heteroatoms. The van der Waals surface area contributed by atoms with Gasteiger partial charge in [-0.05, 0) is 39.4 Å². The Bertz CT molecular complexity index is 479. The second kappa shape index (κ2) is 4.94. The summed E-state index contributed by atoms with van der Waals surface area (Å²) in [6, 6.07) is 1.81. The molecule has 5 nitrogen and oxygen atoms in total. The van der Waals surface area contributed by atoms with Crippen molar-refractivity contribution in [3.05, 3.63) is 23.5 Å². The van der Waals surface area contributed by atoms with Gasteiger partial charge < -0.3 is 14.6 Å². The Morgan fingerprint density at radius 1 is 1.50 bits per heavy atom. The van der Waals surface area contributed by atoms with Crippen LogP contribution in [0.1, 0.15) is 40.6 Å². The summed E-state index contributed by atoms with van der Waals surface area (Å²) in [6.45, 7) is 3.13. The van der Waals surface area contributed by atoms with E-state index >= 15 is 0 Å². The summed E-state index contributed by atoms with van der Waals surface area (Å²) in [5.41, 5.74) is 0.661. The van der Waals surface area contributed by atoms with E-state index in [0.717, 1.165) is 19.4 Å². The number of carbonyl (C=O) groups excluding carboxylic acids is 1. The first kappa shape index (κ1) is 12.8. The van der Waals surface area contributed by atoms with E-state index in [2.05, 4.69) is 4.90 Å². The van der Waals surface area contributed by atoms with Crippen LogP contribution in [0.5, 0.6) is 0 Å². The summed E-state index contributed by atoms with van der Waals surface area (Å²) >= 11 is 0. The fraction of sp³-hybridized carbons (Fsp3) is 0.538. The summed E-state index contributed by atoms with van der Waals surface area (Å²) in [6.07, 6.45) is 3.87. The van der Waals surface area contributed by atoms with E-state index in [4.69, 9.17) is 5.11 Å². The van der Waals surface area contributed by atoms with Crippen molar-refractivity contribution in [2.24, 2.45) is 0 Å².